The molecular formula is C10H22ClN3O2. The van der Waals surface area contributed by atoms with Gasteiger partial charge in [-0.15, -0.1) is 10.3 Å². The Morgan fingerprint density at radius 2 is 1.25 bits per heavy atom. The van der Waals surface area contributed by atoms with Crippen LogP contribution in [0.4, 0.5) is 0 Å². The summed E-state index contributed by atoms with van der Waals surface area (Å²) < 4.78 is 0. The molecule has 6 heteroatoms. The summed E-state index contributed by atoms with van der Waals surface area (Å²) in [6.07, 6.45) is 3.05. The predicted molar refractivity (Wildman–Crippen MR) is 59.8 cm³/mol. The van der Waals surface area contributed by atoms with Gasteiger partial charge in [0.15, 0.2) is 0 Å². The number of hydrogen-bond donors (Lipinski definition) is 3. The van der Waals surface area contributed by atoms with E-state index in [1.165, 1.54) is 12.4 Å². The molecule has 0 unspecified atom stereocenters. The van der Waals surface area contributed by atoms with Crippen LogP contribution in [0.3, 0.4) is 0 Å². The Labute approximate surface area is 103 Å². The van der Waals surface area contributed by atoms with Crippen molar-refractivity contribution in [3.8, 4) is 0 Å². The SMILES string of the molecule is CC(C)(/C=N/O)C[NH2+]CC(C)(C)/C=N/O.[Cl-]. The third kappa shape index (κ3) is 8.49. The van der Waals surface area contributed by atoms with E-state index in [1.807, 2.05) is 27.7 Å². The number of oxime groups is 2. The molecule has 0 aromatic carbocycles. The number of halogens is 1. The number of nitrogens with two attached hydrogens (primary N) is 1. The zero-order chi connectivity index (χ0) is 11.9. The lowest BCUT2D eigenvalue weighted by atomic mass is 9.92. The lowest BCUT2D eigenvalue weighted by Gasteiger charge is -2.21. The van der Waals surface area contributed by atoms with Crippen LogP contribution in [-0.2, 0) is 0 Å². The second kappa shape index (κ2) is 7.46. The van der Waals surface area contributed by atoms with E-state index in [0.717, 1.165) is 13.1 Å². The highest BCUT2D eigenvalue weighted by Crippen LogP contribution is 2.09. The highest BCUT2D eigenvalue weighted by atomic mass is 35.5. The van der Waals surface area contributed by atoms with Gasteiger partial charge in [0.25, 0.3) is 0 Å². The van der Waals surface area contributed by atoms with Crippen molar-refractivity contribution in [1.82, 2.24) is 0 Å². The summed E-state index contributed by atoms with van der Waals surface area (Å²) in [4.78, 5) is 0. The van der Waals surface area contributed by atoms with Crippen LogP contribution in [0.1, 0.15) is 27.7 Å². The van der Waals surface area contributed by atoms with Crippen LogP contribution >= 0.6 is 0 Å². The summed E-state index contributed by atoms with van der Waals surface area (Å²) in [6, 6.07) is 0. The molecule has 0 amide bonds. The van der Waals surface area contributed by atoms with Gasteiger partial charge in [0, 0.05) is 0 Å². The van der Waals surface area contributed by atoms with Crippen molar-refractivity contribution >= 4 is 12.4 Å². The molecule has 0 aromatic heterocycles. The molecule has 0 atom stereocenters. The average Bonchev–Trinajstić information content (AvgIpc) is 2.02. The Balaban J connectivity index is 0. The molecule has 5 nitrogen and oxygen atoms in total. The van der Waals surface area contributed by atoms with Crippen LogP contribution in [0, 0.1) is 10.8 Å². The summed E-state index contributed by atoms with van der Waals surface area (Å²) in [5, 5.41) is 25.1. The van der Waals surface area contributed by atoms with E-state index in [0.29, 0.717) is 0 Å². The fourth-order valence-corrected chi connectivity index (χ4v) is 1.23. The lowest BCUT2D eigenvalue weighted by molar-refractivity contribution is -0.669. The summed E-state index contributed by atoms with van der Waals surface area (Å²) >= 11 is 0. The molecule has 0 bridgehead atoms. The maximum atomic E-state index is 8.45. The van der Waals surface area contributed by atoms with E-state index in [2.05, 4.69) is 15.6 Å². The third-order valence-corrected chi connectivity index (χ3v) is 2.16. The fraction of sp³-hybridized carbons (Fsp3) is 0.800. The van der Waals surface area contributed by atoms with E-state index in [-0.39, 0.29) is 23.2 Å². The van der Waals surface area contributed by atoms with E-state index < -0.39 is 0 Å². The first-order valence-electron chi connectivity index (χ1n) is 5.02. The Kier molecular flexibility index (Phi) is 8.20. The van der Waals surface area contributed by atoms with Crippen LogP contribution in [0.5, 0.6) is 0 Å². The minimum atomic E-state index is -0.138. The molecule has 0 aromatic rings. The number of quaternary nitrogens is 1. The maximum Gasteiger partial charge on any atom is 0.0858 e. The molecule has 0 aliphatic carbocycles. The highest BCUT2D eigenvalue weighted by molar-refractivity contribution is 5.64. The van der Waals surface area contributed by atoms with Crippen molar-refractivity contribution in [3.05, 3.63) is 0 Å². The lowest BCUT2D eigenvalue weighted by Crippen LogP contribution is -3.00. The van der Waals surface area contributed by atoms with Gasteiger partial charge in [-0.2, -0.15) is 0 Å². The molecule has 0 aliphatic heterocycles. The molecule has 0 radical (unpaired) electrons. The topological polar surface area (TPSA) is 81.8 Å². The van der Waals surface area contributed by atoms with Gasteiger partial charge in [0.1, 0.15) is 0 Å². The first-order chi connectivity index (χ1) is 6.83. The van der Waals surface area contributed by atoms with Crippen molar-refractivity contribution in [3.63, 3.8) is 0 Å². The molecule has 0 spiro atoms. The molecule has 16 heavy (non-hydrogen) atoms. The zero-order valence-corrected chi connectivity index (χ0v) is 11.1. The van der Waals surface area contributed by atoms with Crippen LogP contribution in [0.25, 0.3) is 0 Å². The van der Waals surface area contributed by atoms with Gasteiger partial charge < -0.3 is 28.1 Å². The van der Waals surface area contributed by atoms with Crippen LogP contribution in [0.2, 0.25) is 0 Å². The quantitative estimate of drug-likeness (QED) is 0.278. The van der Waals surface area contributed by atoms with Crippen LogP contribution < -0.4 is 17.7 Å². The Bertz CT molecular complexity index is 216. The van der Waals surface area contributed by atoms with Crippen molar-refractivity contribution in [2.75, 3.05) is 13.1 Å². The second-order valence-corrected chi connectivity index (χ2v) is 5.16. The largest absolute Gasteiger partial charge is 1.00 e. The molecule has 0 fully saturated rings. The Morgan fingerprint density at radius 1 is 0.938 bits per heavy atom. The minimum absolute atomic E-state index is 0. The highest BCUT2D eigenvalue weighted by Gasteiger charge is 2.22. The molecule has 0 rings (SSSR count). The smallest absolute Gasteiger partial charge is 0.0858 e. The molecule has 0 saturated carbocycles. The molecule has 0 saturated heterocycles. The van der Waals surface area contributed by atoms with Crippen molar-refractivity contribution in [2.45, 2.75) is 27.7 Å². The number of hydrogen-bond acceptors (Lipinski definition) is 4. The molecule has 0 aliphatic rings. The standard InChI is InChI=1S/C10H21N3O2.ClH/c1-9(2,7-12-14)5-11-6-10(3,4)8-13-15;/h7-8,11,14-15H,5-6H2,1-4H3;1H/b12-7+,13-8+;. The first-order valence-corrected chi connectivity index (χ1v) is 5.02. The van der Waals surface area contributed by atoms with E-state index in [9.17, 15) is 0 Å². The summed E-state index contributed by atoms with van der Waals surface area (Å²) in [5.41, 5.74) is -0.275. The molecule has 96 valence electrons. The van der Waals surface area contributed by atoms with E-state index in [4.69, 9.17) is 10.4 Å². The van der Waals surface area contributed by atoms with Crippen LogP contribution in [0.15, 0.2) is 10.3 Å². The van der Waals surface area contributed by atoms with Crippen molar-refractivity contribution in [2.24, 2.45) is 21.1 Å². The maximum absolute atomic E-state index is 8.45. The minimum Gasteiger partial charge on any atom is -1.00 e. The normalized spacial score (nSPS) is 13.2. The summed E-state index contributed by atoms with van der Waals surface area (Å²) in [6.45, 7) is 9.62. The Hall–Kier alpha value is -0.810. The van der Waals surface area contributed by atoms with Crippen LogP contribution in [-0.4, -0.2) is 35.9 Å². The summed E-state index contributed by atoms with van der Waals surface area (Å²) in [7, 11) is 0. The monoisotopic (exact) mass is 251 g/mol. The Morgan fingerprint density at radius 3 is 1.50 bits per heavy atom. The fourth-order valence-electron chi connectivity index (χ4n) is 1.23. The molecule has 4 N–H and O–H groups in total. The number of nitrogens with zero attached hydrogens (tertiary/aromatic N) is 2. The van der Waals surface area contributed by atoms with Gasteiger partial charge in [-0.1, -0.05) is 0 Å². The van der Waals surface area contributed by atoms with Gasteiger partial charge in [0.2, 0.25) is 0 Å². The second-order valence-electron chi connectivity index (χ2n) is 5.16. The van der Waals surface area contributed by atoms with Gasteiger partial charge in [-0.05, 0) is 27.7 Å². The van der Waals surface area contributed by atoms with Gasteiger partial charge in [0.05, 0.1) is 36.3 Å². The van der Waals surface area contributed by atoms with E-state index >= 15 is 0 Å². The van der Waals surface area contributed by atoms with E-state index in [1.54, 1.807) is 0 Å². The van der Waals surface area contributed by atoms with Gasteiger partial charge in [-0.3, -0.25) is 0 Å². The predicted octanol–water partition coefficient (Wildman–Crippen LogP) is -2.47. The molecule has 0 heterocycles. The average molecular weight is 252 g/mol. The van der Waals surface area contributed by atoms with Gasteiger partial charge in [-0.25, -0.2) is 0 Å². The number of rotatable bonds is 6. The van der Waals surface area contributed by atoms with Crippen molar-refractivity contribution in [1.29, 1.82) is 0 Å². The third-order valence-electron chi connectivity index (χ3n) is 2.16. The van der Waals surface area contributed by atoms with Crippen molar-refractivity contribution < 1.29 is 28.1 Å². The molecular weight excluding hydrogens is 230 g/mol. The van der Waals surface area contributed by atoms with Gasteiger partial charge >= 0.3 is 0 Å². The summed E-state index contributed by atoms with van der Waals surface area (Å²) in [5.74, 6) is 0. The first kappa shape index (κ1) is 17.6. The zero-order valence-electron chi connectivity index (χ0n) is 10.3.